The predicted octanol–water partition coefficient (Wildman–Crippen LogP) is 1.42. The second kappa shape index (κ2) is 7.90. The highest BCUT2D eigenvalue weighted by atomic mass is 35.5. The van der Waals surface area contributed by atoms with Gasteiger partial charge in [-0.2, -0.15) is 0 Å². The maximum atomic E-state index is 12.0. The van der Waals surface area contributed by atoms with Crippen LogP contribution in [0.15, 0.2) is 0 Å². The van der Waals surface area contributed by atoms with Crippen molar-refractivity contribution in [2.75, 3.05) is 20.1 Å². The number of nitrogens with zero attached hydrogens (tertiary/aromatic N) is 1. The van der Waals surface area contributed by atoms with Crippen molar-refractivity contribution in [2.45, 2.75) is 45.3 Å². The lowest BCUT2D eigenvalue weighted by Gasteiger charge is -2.23. The summed E-state index contributed by atoms with van der Waals surface area (Å²) < 4.78 is 5.59. The van der Waals surface area contributed by atoms with Crippen molar-refractivity contribution in [3.8, 4) is 0 Å². The number of hydrogen-bond acceptors (Lipinski definition) is 3. The Morgan fingerprint density at radius 3 is 2.65 bits per heavy atom. The van der Waals surface area contributed by atoms with Gasteiger partial charge in [-0.15, -0.1) is 12.4 Å². The van der Waals surface area contributed by atoms with Gasteiger partial charge in [0, 0.05) is 20.1 Å². The summed E-state index contributed by atoms with van der Waals surface area (Å²) in [4.78, 5) is 13.8. The summed E-state index contributed by atoms with van der Waals surface area (Å²) in [7, 11) is 1.85. The number of rotatable bonds is 5. The molecule has 0 saturated carbocycles. The fraction of sp³-hybridized carbons (Fsp3) is 0.917. The summed E-state index contributed by atoms with van der Waals surface area (Å²) >= 11 is 0. The summed E-state index contributed by atoms with van der Waals surface area (Å²) in [6.45, 7) is 5.61. The maximum Gasteiger partial charge on any atom is 0.251 e. The van der Waals surface area contributed by atoms with E-state index in [0.29, 0.717) is 12.5 Å². The van der Waals surface area contributed by atoms with E-state index >= 15 is 0 Å². The lowest BCUT2D eigenvalue weighted by molar-refractivity contribution is -0.141. The number of amides is 1. The van der Waals surface area contributed by atoms with Crippen LogP contribution < -0.4 is 5.73 Å². The quantitative estimate of drug-likeness (QED) is 0.817. The molecule has 0 aliphatic carbocycles. The second-order valence-electron chi connectivity index (χ2n) is 4.79. The first-order valence-electron chi connectivity index (χ1n) is 6.19. The second-order valence-corrected chi connectivity index (χ2v) is 4.79. The lowest BCUT2D eigenvalue weighted by atomic mass is 10.1. The molecular formula is C12H25ClN2O2. The highest BCUT2D eigenvalue weighted by Crippen LogP contribution is 2.20. The average molecular weight is 265 g/mol. The molecule has 1 unspecified atom stereocenters. The Bertz CT molecular complexity index is 239. The summed E-state index contributed by atoms with van der Waals surface area (Å²) in [5.41, 5.74) is 5.52. The molecule has 5 heteroatoms. The molecule has 0 radical (unpaired) electrons. The van der Waals surface area contributed by atoms with Gasteiger partial charge in [-0.1, -0.05) is 20.3 Å². The van der Waals surface area contributed by atoms with Gasteiger partial charge in [0.2, 0.25) is 0 Å². The molecule has 3 atom stereocenters. The standard InChI is InChI=1S/C12H24N2O2.ClH/c1-4-9(2)8-14(3)12(15)11-6-5-10(7-13)16-11;/h9-11H,4-8,13H2,1-3H3;1H/t9?,10-,11+;/m1./s1. The van der Waals surface area contributed by atoms with Crippen LogP contribution in [0.3, 0.4) is 0 Å². The molecule has 1 amide bonds. The van der Waals surface area contributed by atoms with Crippen LogP contribution in [0.4, 0.5) is 0 Å². The van der Waals surface area contributed by atoms with Crippen molar-refractivity contribution < 1.29 is 9.53 Å². The molecule has 2 N–H and O–H groups in total. The molecule has 1 aliphatic heterocycles. The Morgan fingerprint density at radius 1 is 1.53 bits per heavy atom. The predicted molar refractivity (Wildman–Crippen MR) is 71.3 cm³/mol. The third-order valence-corrected chi connectivity index (χ3v) is 3.30. The molecule has 4 nitrogen and oxygen atoms in total. The molecule has 0 aromatic rings. The van der Waals surface area contributed by atoms with Crippen LogP contribution in [-0.4, -0.2) is 43.2 Å². The Kier molecular flexibility index (Phi) is 7.75. The van der Waals surface area contributed by atoms with Crippen LogP contribution in [0.5, 0.6) is 0 Å². The average Bonchev–Trinajstić information content (AvgIpc) is 2.76. The highest BCUT2D eigenvalue weighted by molar-refractivity contribution is 5.85. The van der Waals surface area contributed by atoms with Gasteiger partial charge in [0.05, 0.1) is 6.10 Å². The molecular weight excluding hydrogens is 240 g/mol. The molecule has 17 heavy (non-hydrogen) atoms. The van der Waals surface area contributed by atoms with Crippen molar-refractivity contribution in [1.82, 2.24) is 4.90 Å². The van der Waals surface area contributed by atoms with E-state index in [4.69, 9.17) is 10.5 Å². The van der Waals surface area contributed by atoms with Gasteiger partial charge in [0.25, 0.3) is 5.91 Å². The topological polar surface area (TPSA) is 55.6 Å². The maximum absolute atomic E-state index is 12.0. The summed E-state index contributed by atoms with van der Waals surface area (Å²) in [5.74, 6) is 0.650. The first kappa shape index (κ1) is 16.7. The third-order valence-electron chi connectivity index (χ3n) is 3.30. The first-order valence-corrected chi connectivity index (χ1v) is 6.19. The third kappa shape index (κ3) is 4.82. The van der Waals surface area contributed by atoms with E-state index in [1.165, 1.54) is 0 Å². The minimum atomic E-state index is -0.261. The highest BCUT2D eigenvalue weighted by Gasteiger charge is 2.31. The van der Waals surface area contributed by atoms with Gasteiger partial charge in [-0.05, 0) is 18.8 Å². The van der Waals surface area contributed by atoms with Gasteiger partial charge in [0.15, 0.2) is 0 Å². The molecule has 1 rings (SSSR count). The van der Waals surface area contributed by atoms with Crippen molar-refractivity contribution in [3.05, 3.63) is 0 Å². The van der Waals surface area contributed by atoms with E-state index < -0.39 is 0 Å². The van der Waals surface area contributed by atoms with E-state index in [1.54, 1.807) is 4.90 Å². The zero-order chi connectivity index (χ0) is 12.1. The van der Waals surface area contributed by atoms with Crippen molar-refractivity contribution in [2.24, 2.45) is 11.7 Å². The Labute approximate surface area is 110 Å². The van der Waals surface area contributed by atoms with Crippen LogP contribution >= 0.6 is 12.4 Å². The number of ether oxygens (including phenoxy) is 1. The number of carbonyl (C=O) groups excluding carboxylic acids is 1. The fourth-order valence-electron chi connectivity index (χ4n) is 1.99. The molecule has 0 aromatic carbocycles. The monoisotopic (exact) mass is 264 g/mol. The van der Waals surface area contributed by atoms with Gasteiger partial charge in [-0.3, -0.25) is 4.79 Å². The van der Waals surface area contributed by atoms with Crippen LogP contribution in [0.2, 0.25) is 0 Å². The summed E-state index contributed by atoms with van der Waals surface area (Å²) in [6, 6.07) is 0. The van der Waals surface area contributed by atoms with E-state index in [1.807, 2.05) is 7.05 Å². The molecule has 1 fully saturated rings. The van der Waals surface area contributed by atoms with E-state index in [2.05, 4.69) is 13.8 Å². The molecule has 1 saturated heterocycles. The van der Waals surface area contributed by atoms with Gasteiger partial charge < -0.3 is 15.4 Å². The minimum Gasteiger partial charge on any atom is -0.364 e. The first-order chi connectivity index (χ1) is 7.58. The molecule has 102 valence electrons. The summed E-state index contributed by atoms with van der Waals surface area (Å²) in [5, 5.41) is 0. The molecule has 1 aliphatic rings. The van der Waals surface area contributed by atoms with Gasteiger partial charge in [-0.25, -0.2) is 0 Å². The van der Waals surface area contributed by atoms with Crippen LogP contribution in [0, 0.1) is 5.92 Å². The van der Waals surface area contributed by atoms with Crippen molar-refractivity contribution in [3.63, 3.8) is 0 Å². The van der Waals surface area contributed by atoms with E-state index in [9.17, 15) is 4.79 Å². The number of halogens is 1. The lowest BCUT2D eigenvalue weighted by Crippen LogP contribution is -2.39. The summed E-state index contributed by atoms with van der Waals surface area (Å²) in [6.07, 6.45) is 2.62. The number of carbonyl (C=O) groups is 1. The number of nitrogens with two attached hydrogens (primary N) is 1. The smallest absolute Gasteiger partial charge is 0.251 e. The molecule has 0 bridgehead atoms. The number of likely N-dealkylation sites (N-methyl/N-ethyl adjacent to an activating group) is 1. The molecule has 0 spiro atoms. The Morgan fingerprint density at radius 2 is 2.18 bits per heavy atom. The largest absolute Gasteiger partial charge is 0.364 e. The fourth-order valence-corrected chi connectivity index (χ4v) is 1.99. The van der Waals surface area contributed by atoms with Crippen LogP contribution in [0.1, 0.15) is 33.1 Å². The van der Waals surface area contributed by atoms with Crippen LogP contribution in [0.25, 0.3) is 0 Å². The zero-order valence-electron chi connectivity index (χ0n) is 11.0. The Balaban J connectivity index is 0.00000256. The van der Waals surface area contributed by atoms with Crippen molar-refractivity contribution >= 4 is 18.3 Å². The van der Waals surface area contributed by atoms with Crippen molar-refractivity contribution in [1.29, 1.82) is 0 Å². The zero-order valence-corrected chi connectivity index (χ0v) is 11.8. The van der Waals surface area contributed by atoms with E-state index in [0.717, 1.165) is 25.8 Å². The normalized spacial score (nSPS) is 25.2. The van der Waals surface area contributed by atoms with Crippen LogP contribution in [-0.2, 0) is 9.53 Å². The minimum absolute atomic E-state index is 0. The molecule has 1 heterocycles. The Hall–Kier alpha value is -0.320. The molecule has 0 aromatic heterocycles. The van der Waals surface area contributed by atoms with E-state index in [-0.39, 0.29) is 30.5 Å². The van der Waals surface area contributed by atoms with Gasteiger partial charge in [0.1, 0.15) is 6.10 Å². The number of hydrogen-bond donors (Lipinski definition) is 1. The SMILES string of the molecule is CCC(C)CN(C)C(=O)[C@@H]1CC[C@H](CN)O1.Cl. The van der Waals surface area contributed by atoms with Gasteiger partial charge >= 0.3 is 0 Å².